The molecule has 2 aliphatic heterocycles. The lowest BCUT2D eigenvalue weighted by Crippen LogP contribution is -2.31. The molecule has 0 fully saturated rings. The van der Waals surface area contributed by atoms with Gasteiger partial charge in [0.2, 0.25) is 12.5 Å². The summed E-state index contributed by atoms with van der Waals surface area (Å²) in [6.07, 6.45) is 1.00. The average molecular weight is 618 g/mol. The van der Waals surface area contributed by atoms with E-state index in [4.69, 9.17) is 19.0 Å². The highest BCUT2D eigenvalue weighted by atomic mass is 79.9. The quantitative estimate of drug-likeness (QED) is 0.380. The van der Waals surface area contributed by atoms with Crippen molar-refractivity contribution in [3.8, 4) is 17.2 Å². The average Bonchev–Trinajstić information content (AvgIpc) is 3.38. The maximum atomic E-state index is 12.6. The minimum atomic E-state index is -0.552. The molecular formula is C20H16Br3N3O5. The summed E-state index contributed by atoms with van der Waals surface area (Å²) in [4.78, 5) is 18.3. The van der Waals surface area contributed by atoms with Gasteiger partial charge in [-0.15, -0.1) is 0 Å². The lowest BCUT2D eigenvalue weighted by atomic mass is 9.93. The number of methoxy groups -OCH3 is 1. The molecule has 11 heteroatoms. The number of benzene rings is 2. The number of hydrazone groups is 1. The summed E-state index contributed by atoms with van der Waals surface area (Å²) in [5.74, 6) is 0.696. The van der Waals surface area contributed by atoms with Gasteiger partial charge in [0.05, 0.1) is 28.2 Å². The van der Waals surface area contributed by atoms with Gasteiger partial charge in [0.15, 0.2) is 23.3 Å². The molecule has 162 valence electrons. The summed E-state index contributed by atoms with van der Waals surface area (Å²) in [5.41, 5.74) is 4.28. The maximum Gasteiger partial charge on any atom is 0.289 e. The second-order valence-electron chi connectivity index (χ2n) is 6.68. The Kier molecular flexibility index (Phi) is 6.54. The third-order valence-electron chi connectivity index (χ3n) is 4.81. The van der Waals surface area contributed by atoms with Gasteiger partial charge >= 0.3 is 0 Å². The number of rotatable bonds is 5. The van der Waals surface area contributed by atoms with E-state index in [9.17, 15) is 4.79 Å². The number of hydrogen-bond acceptors (Lipinski definition) is 7. The maximum absolute atomic E-state index is 12.6. The molecule has 2 aromatic rings. The van der Waals surface area contributed by atoms with Crippen molar-refractivity contribution in [3.05, 3.63) is 48.8 Å². The molecular weight excluding hydrogens is 602 g/mol. The number of oxime groups is 1. The van der Waals surface area contributed by atoms with Crippen molar-refractivity contribution in [3.63, 3.8) is 0 Å². The van der Waals surface area contributed by atoms with Crippen LogP contribution in [0.5, 0.6) is 17.2 Å². The van der Waals surface area contributed by atoms with Crippen LogP contribution in [-0.2, 0) is 9.63 Å². The molecule has 2 aromatic carbocycles. The second kappa shape index (κ2) is 9.17. The summed E-state index contributed by atoms with van der Waals surface area (Å²) in [6.45, 7) is 1.94. The van der Waals surface area contributed by atoms with Crippen LogP contribution in [0.15, 0.2) is 47.9 Å². The SMILES string of the molecule is COc1c(Br)c(C2ON=C(C(=O)NN=Cc3ccc(Br)cc3)C2C)c(Br)c2c1OCO2. The van der Waals surface area contributed by atoms with Gasteiger partial charge in [-0.05, 0) is 49.6 Å². The van der Waals surface area contributed by atoms with E-state index in [1.807, 2.05) is 31.2 Å². The van der Waals surface area contributed by atoms with Gasteiger partial charge < -0.3 is 19.0 Å². The zero-order chi connectivity index (χ0) is 22.1. The fourth-order valence-corrected chi connectivity index (χ4v) is 5.25. The third kappa shape index (κ3) is 4.18. The highest BCUT2D eigenvalue weighted by Crippen LogP contribution is 2.55. The van der Waals surface area contributed by atoms with Gasteiger partial charge in [-0.2, -0.15) is 5.10 Å². The van der Waals surface area contributed by atoms with Crippen LogP contribution in [0.25, 0.3) is 0 Å². The Labute approximate surface area is 203 Å². The van der Waals surface area contributed by atoms with Gasteiger partial charge in [0, 0.05) is 10.0 Å². The van der Waals surface area contributed by atoms with Gasteiger partial charge in [-0.25, -0.2) is 5.43 Å². The number of ether oxygens (including phenoxy) is 3. The zero-order valence-corrected chi connectivity index (χ0v) is 21.1. The largest absolute Gasteiger partial charge is 0.492 e. The van der Waals surface area contributed by atoms with Gasteiger partial charge in [-0.1, -0.05) is 40.1 Å². The van der Waals surface area contributed by atoms with Crippen molar-refractivity contribution in [2.45, 2.75) is 13.0 Å². The zero-order valence-electron chi connectivity index (χ0n) is 16.3. The predicted octanol–water partition coefficient (Wildman–Crippen LogP) is 4.93. The number of halogens is 3. The van der Waals surface area contributed by atoms with Crippen molar-refractivity contribution in [1.82, 2.24) is 5.43 Å². The Morgan fingerprint density at radius 1 is 1.19 bits per heavy atom. The normalized spacial score (nSPS) is 19.3. The highest BCUT2D eigenvalue weighted by molar-refractivity contribution is 9.11. The number of carbonyl (C=O) groups is 1. The Morgan fingerprint density at radius 3 is 2.61 bits per heavy atom. The van der Waals surface area contributed by atoms with E-state index < -0.39 is 12.0 Å². The Bertz CT molecular complexity index is 1090. The molecule has 31 heavy (non-hydrogen) atoms. The van der Waals surface area contributed by atoms with Crippen LogP contribution in [0.1, 0.15) is 24.2 Å². The molecule has 4 rings (SSSR count). The second-order valence-corrected chi connectivity index (χ2v) is 9.18. The third-order valence-corrected chi connectivity index (χ3v) is 6.91. The molecule has 0 saturated heterocycles. The van der Waals surface area contributed by atoms with Crippen LogP contribution in [0, 0.1) is 5.92 Å². The Balaban J connectivity index is 1.52. The van der Waals surface area contributed by atoms with E-state index in [0.29, 0.717) is 31.8 Å². The number of fused-ring (bicyclic) bond motifs is 1. The Morgan fingerprint density at radius 2 is 1.90 bits per heavy atom. The summed E-state index contributed by atoms with van der Waals surface area (Å²) in [6, 6.07) is 7.52. The van der Waals surface area contributed by atoms with Crippen LogP contribution in [-0.4, -0.2) is 31.7 Å². The molecule has 8 nitrogen and oxygen atoms in total. The van der Waals surface area contributed by atoms with Crippen molar-refractivity contribution in [2.24, 2.45) is 16.2 Å². The molecule has 0 saturated carbocycles. The van der Waals surface area contributed by atoms with Crippen molar-refractivity contribution < 1.29 is 23.8 Å². The Hall–Kier alpha value is -2.11. The van der Waals surface area contributed by atoms with Crippen molar-refractivity contribution >= 4 is 65.6 Å². The smallest absolute Gasteiger partial charge is 0.289 e. The lowest BCUT2D eigenvalue weighted by Gasteiger charge is -2.20. The molecule has 1 N–H and O–H groups in total. The van der Waals surface area contributed by atoms with Gasteiger partial charge in [0.25, 0.3) is 5.91 Å². The number of nitrogens with zero attached hydrogens (tertiary/aromatic N) is 2. The van der Waals surface area contributed by atoms with Crippen LogP contribution < -0.4 is 19.6 Å². The number of nitrogens with one attached hydrogen (secondary N) is 1. The van der Waals surface area contributed by atoms with E-state index in [-0.39, 0.29) is 18.4 Å². The van der Waals surface area contributed by atoms with E-state index in [0.717, 1.165) is 10.0 Å². The topological polar surface area (TPSA) is 90.7 Å². The van der Waals surface area contributed by atoms with Gasteiger partial charge in [0.1, 0.15) is 0 Å². The summed E-state index contributed by atoms with van der Waals surface area (Å²) >= 11 is 10.5. The molecule has 0 bridgehead atoms. The van der Waals surface area contributed by atoms with E-state index in [2.05, 4.69) is 63.5 Å². The molecule has 2 atom stereocenters. The van der Waals surface area contributed by atoms with E-state index >= 15 is 0 Å². The first-order chi connectivity index (χ1) is 14.9. The van der Waals surface area contributed by atoms with E-state index in [1.54, 1.807) is 6.21 Å². The standard InChI is InChI=1S/C20H16Br3N3O5/c1-9-15(20(27)25-24-7-10-3-5-11(21)6-4-10)26-31-16(9)12-13(22)17(28-2)19-18(14(12)23)29-8-30-19/h3-7,9,16H,8H2,1-2H3,(H,25,27). The van der Waals surface area contributed by atoms with E-state index in [1.165, 1.54) is 7.11 Å². The molecule has 2 aliphatic rings. The molecule has 0 aliphatic carbocycles. The van der Waals surface area contributed by atoms with Crippen LogP contribution >= 0.6 is 47.8 Å². The monoisotopic (exact) mass is 615 g/mol. The van der Waals surface area contributed by atoms with Gasteiger partial charge in [-0.3, -0.25) is 4.79 Å². The molecule has 0 spiro atoms. The number of hydrogen-bond donors (Lipinski definition) is 1. The predicted molar refractivity (Wildman–Crippen MR) is 125 cm³/mol. The number of amides is 1. The summed E-state index contributed by atoms with van der Waals surface area (Å²) in [7, 11) is 1.54. The fourth-order valence-electron chi connectivity index (χ4n) is 3.24. The molecule has 2 heterocycles. The molecule has 2 unspecified atom stereocenters. The summed E-state index contributed by atoms with van der Waals surface area (Å²) in [5, 5.41) is 8.02. The molecule has 0 radical (unpaired) electrons. The van der Waals surface area contributed by atoms with Crippen LogP contribution in [0.3, 0.4) is 0 Å². The first kappa shape index (κ1) is 22.1. The number of carbonyl (C=O) groups excluding carboxylic acids is 1. The highest BCUT2D eigenvalue weighted by Gasteiger charge is 2.41. The minimum Gasteiger partial charge on any atom is -0.492 e. The molecule has 1 amide bonds. The van der Waals surface area contributed by atoms with Crippen LogP contribution in [0.2, 0.25) is 0 Å². The first-order valence-electron chi connectivity index (χ1n) is 9.09. The van der Waals surface area contributed by atoms with Crippen LogP contribution in [0.4, 0.5) is 0 Å². The van der Waals surface area contributed by atoms with Crippen molar-refractivity contribution in [1.29, 1.82) is 0 Å². The molecule has 0 aromatic heterocycles. The van der Waals surface area contributed by atoms with Crippen molar-refractivity contribution in [2.75, 3.05) is 13.9 Å². The fraction of sp³-hybridized carbons (Fsp3) is 0.250. The minimum absolute atomic E-state index is 0.0851. The lowest BCUT2D eigenvalue weighted by molar-refractivity contribution is -0.115. The summed E-state index contributed by atoms with van der Waals surface area (Å²) < 4.78 is 18.8. The first-order valence-corrected chi connectivity index (χ1v) is 11.5.